The second-order valence-electron chi connectivity index (χ2n) is 5.20. The minimum Gasteiger partial charge on any atom is -0.480 e. The van der Waals surface area contributed by atoms with Crippen LogP contribution in [0.3, 0.4) is 0 Å². The van der Waals surface area contributed by atoms with Gasteiger partial charge in [0.15, 0.2) is 0 Å². The summed E-state index contributed by atoms with van der Waals surface area (Å²) < 4.78 is 0. The molecule has 3 atom stereocenters. The van der Waals surface area contributed by atoms with E-state index in [0.29, 0.717) is 6.42 Å². The second kappa shape index (κ2) is 8.39. The number of hydrogen-bond acceptors (Lipinski definition) is 3. The summed E-state index contributed by atoms with van der Waals surface area (Å²) in [6, 6.07) is -2.39. The number of rotatable bonds is 7. The molecule has 0 aromatic rings. The molecule has 0 aliphatic heterocycles. The largest absolute Gasteiger partial charge is 0.480 e. The topological polar surface area (TPSA) is 108 Å². The van der Waals surface area contributed by atoms with Gasteiger partial charge in [0.1, 0.15) is 12.1 Å². The number of carboxylic acid groups (broad SMARTS) is 1. The molecule has 20 heavy (non-hydrogen) atoms. The van der Waals surface area contributed by atoms with Gasteiger partial charge in [-0.15, -0.1) is 0 Å². The number of aliphatic carboxylic acids is 1. The van der Waals surface area contributed by atoms with Crippen molar-refractivity contribution in [2.24, 2.45) is 5.92 Å². The van der Waals surface area contributed by atoms with E-state index in [1.165, 1.54) is 6.92 Å². The molecule has 0 rings (SSSR count). The third-order valence-electron chi connectivity index (χ3n) is 2.94. The van der Waals surface area contributed by atoms with E-state index >= 15 is 0 Å². The van der Waals surface area contributed by atoms with E-state index in [0.717, 1.165) is 0 Å². The molecule has 0 saturated heterocycles. The summed E-state index contributed by atoms with van der Waals surface area (Å²) in [7, 11) is 0. The van der Waals surface area contributed by atoms with Crippen LogP contribution < -0.4 is 16.0 Å². The van der Waals surface area contributed by atoms with Crippen molar-refractivity contribution >= 4 is 17.9 Å². The fraction of sp³-hybridized carbons (Fsp3) is 0.769. The van der Waals surface area contributed by atoms with E-state index in [1.54, 1.807) is 6.92 Å². The Morgan fingerprint density at radius 3 is 1.95 bits per heavy atom. The quantitative estimate of drug-likeness (QED) is 0.552. The van der Waals surface area contributed by atoms with Crippen molar-refractivity contribution in [2.45, 2.75) is 59.2 Å². The average molecular weight is 287 g/mol. The van der Waals surface area contributed by atoms with Crippen molar-refractivity contribution in [3.05, 3.63) is 0 Å². The average Bonchev–Trinajstić information content (AvgIpc) is 2.33. The van der Waals surface area contributed by atoms with E-state index < -0.39 is 24.1 Å². The molecular formula is C13H25N3O4. The Labute approximate surface area is 119 Å². The molecule has 0 aromatic carbocycles. The van der Waals surface area contributed by atoms with Crippen molar-refractivity contribution < 1.29 is 19.5 Å². The molecule has 116 valence electrons. The minimum atomic E-state index is -1.09. The van der Waals surface area contributed by atoms with Gasteiger partial charge in [-0.25, -0.2) is 9.59 Å². The summed E-state index contributed by atoms with van der Waals surface area (Å²) in [6.45, 7) is 8.76. The first-order valence-electron chi connectivity index (χ1n) is 6.79. The molecular weight excluding hydrogens is 262 g/mol. The maximum absolute atomic E-state index is 11.7. The molecule has 0 bridgehead atoms. The van der Waals surface area contributed by atoms with Crippen LogP contribution in [0, 0.1) is 5.92 Å². The molecule has 0 radical (unpaired) electrons. The van der Waals surface area contributed by atoms with Gasteiger partial charge >= 0.3 is 12.0 Å². The standard InChI is InChI=1S/C13H25N3O4/c1-6-8(4)10(12(18)19)16-13(20)15-9(5)11(17)14-7(2)3/h7-10H,6H2,1-5H3,(H,14,17)(H,18,19)(H2,15,16,20)/t8-,9?,10-/m0/s1. The van der Waals surface area contributed by atoms with Crippen LogP contribution in [0.25, 0.3) is 0 Å². The lowest BCUT2D eigenvalue weighted by Crippen LogP contribution is -2.54. The Morgan fingerprint density at radius 2 is 1.55 bits per heavy atom. The van der Waals surface area contributed by atoms with Crippen LogP contribution in [-0.2, 0) is 9.59 Å². The van der Waals surface area contributed by atoms with Crippen molar-refractivity contribution in [3.63, 3.8) is 0 Å². The van der Waals surface area contributed by atoms with Crippen LogP contribution >= 0.6 is 0 Å². The smallest absolute Gasteiger partial charge is 0.326 e. The van der Waals surface area contributed by atoms with Crippen LogP contribution in [0.15, 0.2) is 0 Å². The van der Waals surface area contributed by atoms with Crippen molar-refractivity contribution in [2.75, 3.05) is 0 Å². The van der Waals surface area contributed by atoms with Gasteiger partial charge in [0.25, 0.3) is 0 Å². The molecule has 0 heterocycles. The molecule has 0 saturated carbocycles. The highest BCUT2D eigenvalue weighted by Gasteiger charge is 2.26. The maximum Gasteiger partial charge on any atom is 0.326 e. The summed E-state index contributed by atoms with van der Waals surface area (Å²) in [5.74, 6) is -1.60. The first-order chi connectivity index (χ1) is 9.18. The lowest BCUT2D eigenvalue weighted by molar-refractivity contribution is -0.140. The van der Waals surface area contributed by atoms with Gasteiger partial charge in [-0.3, -0.25) is 4.79 Å². The summed E-state index contributed by atoms with van der Waals surface area (Å²) in [5.41, 5.74) is 0. The molecule has 4 N–H and O–H groups in total. The number of carbonyl (C=O) groups is 3. The van der Waals surface area contributed by atoms with Gasteiger partial charge in [-0.1, -0.05) is 20.3 Å². The third kappa shape index (κ3) is 6.40. The normalized spacial score (nSPS) is 15.1. The number of amides is 3. The molecule has 0 aliphatic rings. The molecule has 3 amide bonds. The van der Waals surface area contributed by atoms with Crippen molar-refractivity contribution in [3.8, 4) is 0 Å². The number of carbonyl (C=O) groups excluding carboxylic acids is 2. The first-order valence-corrected chi connectivity index (χ1v) is 6.79. The van der Waals surface area contributed by atoms with Crippen LogP contribution in [0.4, 0.5) is 4.79 Å². The second-order valence-corrected chi connectivity index (χ2v) is 5.20. The van der Waals surface area contributed by atoms with Crippen LogP contribution in [0.1, 0.15) is 41.0 Å². The van der Waals surface area contributed by atoms with Crippen molar-refractivity contribution in [1.82, 2.24) is 16.0 Å². The highest BCUT2D eigenvalue weighted by molar-refractivity contribution is 5.88. The monoisotopic (exact) mass is 287 g/mol. The Hall–Kier alpha value is -1.79. The Bertz CT molecular complexity index is 358. The van der Waals surface area contributed by atoms with Gasteiger partial charge in [-0.05, 0) is 26.7 Å². The highest BCUT2D eigenvalue weighted by Crippen LogP contribution is 2.07. The molecule has 7 heteroatoms. The van der Waals surface area contributed by atoms with Crippen LogP contribution in [0.5, 0.6) is 0 Å². The predicted molar refractivity (Wildman–Crippen MR) is 75.3 cm³/mol. The van der Waals surface area contributed by atoms with Crippen LogP contribution in [0.2, 0.25) is 0 Å². The fourth-order valence-electron chi connectivity index (χ4n) is 1.54. The lowest BCUT2D eigenvalue weighted by atomic mass is 9.99. The summed E-state index contributed by atoms with van der Waals surface area (Å²) >= 11 is 0. The van der Waals surface area contributed by atoms with E-state index in [1.807, 2.05) is 20.8 Å². The van der Waals surface area contributed by atoms with E-state index in [4.69, 9.17) is 5.11 Å². The highest BCUT2D eigenvalue weighted by atomic mass is 16.4. The molecule has 1 unspecified atom stereocenters. The number of urea groups is 1. The van der Waals surface area contributed by atoms with E-state index in [-0.39, 0.29) is 17.9 Å². The molecule has 0 aromatic heterocycles. The van der Waals surface area contributed by atoms with Gasteiger partial charge in [-0.2, -0.15) is 0 Å². The van der Waals surface area contributed by atoms with Gasteiger partial charge < -0.3 is 21.1 Å². The van der Waals surface area contributed by atoms with Gasteiger partial charge in [0.2, 0.25) is 5.91 Å². The molecule has 0 fully saturated rings. The zero-order valence-corrected chi connectivity index (χ0v) is 12.7. The maximum atomic E-state index is 11.7. The van der Waals surface area contributed by atoms with Crippen molar-refractivity contribution in [1.29, 1.82) is 0 Å². The Kier molecular flexibility index (Phi) is 7.64. The van der Waals surface area contributed by atoms with Gasteiger partial charge in [0, 0.05) is 6.04 Å². The summed E-state index contributed by atoms with van der Waals surface area (Å²) in [6.07, 6.45) is 0.626. The third-order valence-corrected chi connectivity index (χ3v) is 2.94. The zero-order chi connectivity index (χ0) is 15.9. The van der Waals surface area contributed by atoms with E-state index in [9.17, 15) is 14.4 Å². The Morgan fingerprint density at radius 1 is 1.00 bits per heavy atom. The summed E-state index contributed by atoms with van der Waals surface area (Å²) in [4.78, 5) is 34.4. The van der Waals surface area contributed by atoms with Crippen LogP contribution in [-0.4, -0.2) is 41.1 Å². The minimum absolute atomic E-state index is 0.0262. The van der Waals surface area contributed by atoms with E-state index in [2.05, 4.69) is 16.0 Å². The first kappa shape index (κ1) is 18.2. The number of hydrogen-bond donors (Lipinski definition) is 4. The predicted octanol–water partition coefficient (Wildman–Crippen LogP) is 0.698. The molecule has 0 aliphatic carbocycles. The molecule has 7 nitrogen and oxygen atoms in total. The Balaban J connectivity index is 4.46. The fourth-order valence-corrected chi connectivity index (χ4v) is 1.54. The SMILES string of the molecule is CC[C@H](C)[C@H](NC(=O)NC(C)C(=O)NC(C)C)C(=O)O. The molecule has 0 spiro atoms. The zero-order valence-electron chi connectivity index (χ0n) is 12.7. The number of carboxylic acids is 1. The lowest BCUT2D eigenvalue weighted by Gasteiger charge is -2.22. The van der Waals surface area contributed by atoms with Gasteiger partial charge in [0.05, 0.1) is 0 Å². The number of nitrogens with one attached hydrogen (secondary N) is 3. The summed E-state index contributed by atoms with van der Waals surface area (Å²) in [5, 5.41) is 16.5.